The second-order valence-electron chi connectivity index (χ2n) is 7.35. The van der Waals surface area contributed by atoms with E-state index in [0.717, 1.165) is 0 Å². The highest BCUT2D eigenvalue weighted by Crippen LogP contribution is 2.36. The molecule has 1 unspecified atom stereocenters. The number of nitrogens with one attached hydrogen (secondary N) is 1. The first-order valence-electron chi connectivity index (χ1n) is 6.63. The Bertz CT molecular complexity index is 215. The van der Waals surface area contributed by atoms with E-state index in [1.165, 1.54) is 32.5 Å². The van der Waals surface area contributed by atoms with Gasteiger partial charge in [-0.25, -0.2) is 0 Å². The fourth-order valence-corrected chi connectivity index (χ4v) is 3.11. The number of hydrogen-bond acceptors (Lipinski definition) is 2. The normalized spacial score (nSPS) is 25.5. The molecule has 16 heavy (non-hydrogen) atoms. The minimum absolute atomic E-state index is 0.372. The molecular weight excluding hydrogens is 196 g/mol. The third-order valence-corrected chi connectivity index (χ3v) is 3.53. The lowest BCUT2D eigenvalue weighted by Crippen LogP contribution is -2.48. The summed E-state index contributed by atoms with van der Waals surface area (Å²) < 4.78 is 0. The smallest absolute Gasteiger partial charge is 0.0246 e. The Morgan fingerprint density at radius 3 is 2.38 bits per heavy atom. The van der Waals surface area contributed by atoms with Gasteiger partial charge in [-0.15, -0.1) is 0 Å². The molecule has 1 heterocycles. The molecule has 1 aliphatic heterocycles. The maximum Gasteiger partial charge on any atom is 0.0246 e. The van der Waals surface area contributed by atoms with Crippen LogP contribution >= 0.6 is 0 Å². The van der Waals surface area contributed by atoms with Gasteiger partial charge in [0.05, 0.1) is 0 Å². The molecule has 0 spiro atoms. The van der Waals surface area contributed by atoms with Crippen LogP contribution in [-0.2, 0) is 0 Å². The van der Waals surface area contributed by atoms with E-state index in [4.69, 9.17) is 0 Å². The Kier molecular flexibility index (Phi) is 4.42. The van der Waals surface area contributed by atoms with Crippen LogP contribution in [0.5, 0.6) is 0 Å². The minimum Gasteiger partial charge on any atom is -0.312 e. The van der Waals surface area contributed by atoms with Crippen LogP contribution in [0.3, 0.4) is 0 Å². The second kappa shape index (κ2) is 5.05. The predicted molar refractivity (Wildman–Crippen MR) is 71.8 cm³/mol. The van der Waals surface area contributed by atoms with Crippen molar-refractivity contribution in [3.8, 4) is 0 Å². The van der Waals surface area contributed by atoms with Crippen molar-refractivity contribution in [1.29, 1.82) is 0 Å². The minimum atomic E-state index is 0.372. The van der Waals surface area contributed by atoms with E-state index < -0.39 is 0 Å². The van der Waals surface area contributed by atoms with E-state index in [1.54, 1.807) is 0 Å². The first kappa shape index (κ1) is 14.0. The highest BCUT2D eigenvalue weighted by molar-refractivity contribution is 4.90. The van der Waals surface area contributed by atoms with E-state index in [2.05, 4.69) is 51.9 Å². The average molecular weight is 226 g/mol. The van der Waals surface area contributed by atoms with Gasteiger partial charge >= 0.3 is 0 Å². The summed E-state index contributed by atoms with van der Waals surface area (Å²) in [6.07, 6.45) is 2.55. The lowest BCUT2D eigenvalue weighted by molar-refractivity contribution is 0.136. The van der Waals surface area contributed by atoms with E-state index in [9.17, 15) is 0 Å². The molecule has 0 amide bonds. The fraction of sp³-hybridized carbons (Fsp3) is 1.00. The van der Waals surface area contributed by atoms with Crippen molar-refractivity contribution in [3.05, 3.63) is 0 Å². The molecule has 2 heteroatoms. The molecule has 1 atom stereocenters. The summed E-state index contributed by atoms with van der Waals surface area (Å²) in [7, 11) is 2.24. The molecular formula is C14H30N2. The number of rotatable bonds is 2. The molecule has 2 nitrogen and oxygen atoms in total. The molecule has 0 aliphatic carbocycles. The van der Waals surface area contributed by atoms with E-state index in [-0.39, 0.29) is 0 Å². The summed E-state index contributed by atoms with van der Waals surface area (Å²) >= 11 is 0. The molecule has 1 saturated heterocycles. The Morgan fingerprint density at radius 2 is 1.81 bits per heavy atom. The van der Waals surface area contributed by atoms with Crippen molar-refractivity contribution in [2.45, 2.75) is 53.5 Å². The summed E-state index contributed by atoms with van der Waals surface area (Å²) in [5.74, 6) is 0. The first-order chi connectivity index (χ1) is 7.21. The van der Waals surface area contributed by atoms with Gasteiger partial charge in [0, 0.05) is 12.6 Å². The molecule has 0 aromatic carbocycles. The van der Waals surface area contributed by atoms with E-state index in [1.807, 2.05) is 0 Å². The standard InChI is InChI=1S/C14H30N2/c1-13(2,3)11-14(4,5)12-10-16(6)9-7-8-15-12/h12,15H,7-11H2,1-6H3. The fourth-order valence-electron chi connectivity index (χ4n) is 3.11. The Hall–Kier alpha value is -0.0800. The highest BCUT2D eigenvalue weighted by Gasteiger charge is 2.34. The van der Waals surface area contributed by atoms with Crippen molar-refractivity contribution >= 4 is 0 Å². The monoisotopic (exact) mass is 226 g/mol. The molecule has 1 fully saturated rings. The lowest BCUT2D eigenvalue weighted by Gasteiger charge is -2.40. The zero-order valence-electron chi connectivity index (χ0n) is 12.1. The van der Waals surface area contributed by atoms with Crippen molar-refractivity contribution in [2.75, 3.05) is 26.7 Å². The van der Waals surface area contributed by atoms with Gasteiger partial charge in [0.15, 0.2) is 0 Å². The zero-order valence-corrected chi connectivity index (χ0v) is 12.1. The van der Waals surface area contributed by atoms with Gasteiger partial charge in [0.1, 0.15) is 0 Å². The molecule has 1 aliphatic rings. The SMILES string of the molecule is CN1CCCNC(C(C)(C)CC(C)(C)C)C1. The van der Waals surface area contributed by atoms with Crippen LogP contribution in [0, 0.1) is 10.8 Å². The lowest BCUT2D eigenvalue weighted by atomic mass is 9.72. The molecule has 0 radical (unpaired) electrons. The van der Waals surface area contributed by atoms with Crippen LogP contribution in [0.25, 0.3) is 0 Å². The summed E-state index contributed by atoms with van der Waals surface area (Å²) in [5, 5.41) is 3.73. The van der Waals surface area contributed by atoms with Gasteiger partial charge in [0.2, 0.25) is 0 Å². The topological polar surface area (TPSA) is 15.3 Å². The van der Waals surface area contributed by atoms with Gasteiger partial charge in [-0.1, -0.05) is 34.6 Å². The molecule has 1 rings (SSSR count). The molecule has 0 aromatic rings. The van der Waals surface area contributed by atoms with Gasteiger partial charge in [-0.2, -0.15) is 0 Å². The van der Waals surface area contributed by atoms with E-state index in [0.29, 0.717) is 16.9 Å². The van der Waals surface area contributed by atoms with Crippen LogP contribution < -0.4 is 5.32 Å². The second-order valence-corrected chi connectivity index (χ2v) is 7.35. The molecule has 1 N–H and O–H groups in total. The summed E-state index contributed by atoms with van der Waals surface area (Å²) in [6.45, 7) is 15.4. The molecule has 96 valence electrons. The highest BCUT2D eigenvalue weighted by atomic mass is 15.1. The quantitative estimate of drug-likeness (QED) is 0.779. The zero-order chi connectivity index (χ0) is 12.4. The maximum absolute atomic E-state index is 3.73. The number of hydrogen-bond donors (Lipinski definition) is 1. The first-order valence-corrected chi connectivity index (χ1v) is 6.63. The largest absolute Gasteiger partial charge is 0.312 e. The Balaban J connectivity index is 2.65. The van der Waals surface area contributed by atoms with Gasteiger partial charge in [-0.05, 0) is 43.8 Å². The summed E-state index contributed by atoms with van der Waals surface area (Å²) in [5.41, 5.74) is 0.785. The van der Waals surface area contributed by atoms with Crippen LogP contribution in [-0.4, -0.2) is 37.6 Å². The molecule has 0 bridgehead atoms. The van der Waals surface area contributed by atoms with Gasteiger partial charge < -0.3 is 10.2 Å². The van der Waals surface area contributed by atoms with Crippen LogP contribution in [0.15, 0.2) is 0 Å². The predicted octanol–water partition coefficient (Wildman–Crippen LogP) is 2.74. The van der Waals surface area contributed by atoms with Crippen molar-refractivity contribution < 1.29 is 0 Å². The third-order valence-electron chi connectivity index (χ3n) is 3.53. The number of nitrogens with zero attached hydrogens (tertiary/aromatic N) is 1. The molecule has 0 saturated carbocycles. The Labute approximate surface area is 102 Å². The van der Waals surface area contributed by atoms with Crippen LogP contribution in [0.2, 0.25) is 0 Å². The third kappa shape index (κ3) is 4.42. The molecule has 0 aromatic heterocycles. The van der Waals surface area contributed by atoms with Crippen LogP contribution in [0.4, 0.5) is 0 Å². The van der Waals surface area contributed by atoms with Crippen molar-refractivity contribution in [1.82, 2.24) is 10.2 Å². The maximum atomic E-state index is 3.73. The average Bonchev–Trinajstić information content (AvgIpc) is 2.25. The van der Waals surface area contributed by atoms with Crippen molar-refractivity contribution in [2.24, 2.45) is 10.8 Å². The summed E-state index contributed by atoms with van der Waals surface area (Å²) in [4.78, 5) is 2.47. The Morgan fingerprint density at radius 1 is 1.19 bits per heavy atom. The summed E-state index contributed by atoms with van der Waals surface area (Å²) in [6, 6.07) is 0.624. The van der Waals surface area contributed by atoms with Gasteiger partial charge in [-0.3, -0.25) is 0 Å². The van der Waals surface area contributed by atoms with Gasteiger partial charge in [0.25, 0.3) is 0 Å². The number of likely N-dealkylation sites (N-methyl/N-ethyl adjacent to an activating group) is 1. The van der Waals surface area contributed by atoms with Crippen LogP contribution in [0.1, 0.15) is 47.5 Å². The van der Waals surface area contributed by atoms with Crippen molar-refractivity contribution in [3.63, 3.8) is 0 Å². The van der Waals surface area contributed by atoms with E-state index >= 15 is 0 Å².